The molecule has 1 aromatic carbocycles. The summed E-state index contributed by atoms with van der Waals surface area (Å²) in [6.45, 7) is -0.407. The van der Waals surface area contributed by atoms with Gasteiger partial charge in [-0.15, -0.1) is 0 Å². The van der Waals surface area contributed by atoms with E-state index >= 15 is 0 Å². The van der Waals surface area contributed by atoms with Gasteiger partial charge in [0.1, 0.15) is 6.54 Å². The fourth-order valence-electron chi connectivity index (χ4n) is 4.05. The molecule has 5 nitrogen and oxygen atoms in total. The molecule has 2 bridgehead atoms. The number of hydrogen-bond donors (Lipinski definition) is 1. The number of fused-ring (bicyclic) bond motifs is 5. The summed E-state index contributed by atoms with van der Waals surface area (Å²) in [4.78, 5) is 38.1. The summed E-state index contributed by atoms with van der Waals surface area (Å²) in [5.41, 5.74) is -0.0754. The Balaban J connectivity index is 1.48. The van der Waals surface area contributed by atoms with Crippen molar-refractivity contribution < 1.29 is 18.8 Å². The smallest absolute Gasteiger partial charge is 0.244 e. The molecule has 1 aliphatic heterocycles. The van der Waals surface area contributed by atoms with Gasteiger partial charge in [0.05, 0.1) is 22.5 Å². The van der Waals surface area contributed by atoms with Gasteiger partial charge in [0.25, 0.3) is 0 Å². The first-order valence-electron chi connectivity index (χ1n) is 7.75. The molecule has 1 heterocycles. The summed E-state index contributed by atoms with van der Waals surface area (Å²) in [7, 11) is 0. The van der Waals surface area contributed by atoms with Crippen LogP contribution in [-0.4, -0.2) is 29.2 Å². The quantitative estimate of drug-likeness (QED) is 0.673. The van der Waals surface area contributed by atoms with Crippen molar-refractivity contribution in [2.45, 2.75) is 6.42 Å². The number of carbonyl (C=O) groups is 3. The second kappa shape index (κ2) is 5.41. The number of carbonyl (C=O) groups excluding carboxylic acids is 3. The van der Waals surface area contributed by atoms with E-state index in [1.807, 2.05) is 12.2 Å². The maximum atomic E-state index is 13.8. The Kier molecular flexibility index (Phi) is 3.46. The molecular weight excluding hydrogens is 335 g/mol. The van der Waals surface area contributed by atoms with Crippen molar-refractivity contribution in [2.24, 2.45) is 23.7 Å². The van der Waals surface area contributed by atoms with Crippen molar-refractivity contribution in [3.8, 4) is 0 Å². The normalized spacial score (nSPS) is 30.2. The van der Waals surface area contributed by atoms with E-state index in [0.29, 0.717) is 0 Å². The third kappa shape index (κ3) is 2.17. The molecule has 124 valence electrons. The van der Waals surface area contributed by atoms with Crippen LogP contribution in [0.5, 0.6) is 0 Å². The molecule has 24 heavy (non-hydrogen) atoms. The molecule has 1 aromatic rings. The molecule has 4 rings (SSSR count). The highest BCUT2D eigenvalue weighted by atomic mass is 35.5. The van der Waals surface area contributed by atoms with E-state index in [2.05, 4.69) is 5.32 Å². The van der Waals surface area contributed by atoms with Crippen LogP contribution in [0.3, 0.4) is 0 Å². The fourth-order valence-corrected chi connectivity index (χ4v) is 4.23. The second-order valence-electron chi connectivity index (χ2n) is 6.41. The SMILES string of the molecule is O=C(CN1C(=O)C2C3C=CC(C3)C2C1=O)Nc1cccc(Cl)c1F. The van der Waals surface area contributed by atoms with E-state index in [4.69, 9.17) is 11.6 Å². The predicted octanol–water partition coefficient (Wildman–Crippen LogP) is 2.22. The summed E-state index contributed by atoms with van der Waals surface area (Å²) >= 11 is 5.67. The molecule has 3 amide bonds. The van der Waals surface area contributed by atoms with Gasteiger partial charge in [-0.3, -0.25) is 19.3 Å². The number of nitrogens with one attached hydrogen (secondary N) is 1. The van der Waals surface area contributed by atoms with Crippen LogP contribution in [0.25, 0.3) is 0 Å². The van der Waals surface area contributed by atoms with E-state index < -0.39 is 18.3 Å². The number of allylic oxidation sites excluding steroid dienone is 2. The Bertz CT molecular complexity index is 764. The Morgan fingerprint density at radius 3 is 2.46 bits per heavy atom. The van der Waals surface area contributed by atoms with Crippen LogP contribution in [0.1, 0.15) is 6.42 Å². The van der Waals surface area contributed by atoms with Crippen molar-refractivity contribution in [3.05, 3.63) is 41.2 Å². The zero-order valence-corrected chi connectivity index (χ0v) is 13.3. The van der Waals surface area contributed by atoms with Crippen molar-refractivity contribution in [3.63, 3.8) is 0 Å². The number of halogens is 2. The minimum atomic E-state index is -0.745. The molecule has 4 atom stereocenters. The average Bonchev–Trinajstić information content (AvgIpc) is 3.22. The summed E-state index contributed by atoms with van der Waals surface area (Å²) in [5, 5.41) is 2.25. The highest BCUT2D eigenvalue weighted by molar-refractivity contribution is 6.31. The third-order valence-corrected chi connectivity index (χ3v) is 5.38. The van der Waals surface area contributed by atoms with Gasteiger partial charge in [-0.05, 0) is 30.4 Å². The molecule has 1 N–H and O–H groups in total. The number of rotatable bonds is 3. The van der Waals surface area contributed by atoms with Gasteiger partial charge in [0, 0.05) is 0 Å². The Labute approximate surface area is 142 Å². The Morgan fingerprint density at radius 1 is 1.21 bits per heavy atom. The lowest BCUT2D eigenvalue weighted by molar-refractivity contribution is -0.143. The molecule has 3 aliphatic rings. The van der Waals surface area contributed by atoms with Crippen LogP contribution in [0.4, 0.5) is 10.1 Å². The summed E-state index contributed by atoms with van der Waals surface area (Å²) < 4.78 is 13.8. The highest BCUT2D eigenvalue weighted by Gasteiger charge is 2.59. The molecule has 0 aromatic heterocycles. The predicted molar refractivity (Wildman–Crippen MR) is 84.5 cm³/mol. The molecule has 4 unspecified atom stereocenters. The molecule has 0 spiro atoms. The number of nitrogens with zero attached hydrogens (tertiary/aromatic N) is 1. The first-order valence-corrected chi connectivity index (χ1v) is 8.12. The number of amides is 3. The molecular formula is C17H14ClFN2O3. The Hall–Kier alpha value is -2.21. The topological polar surface area (TPSA) is 66.5 Å². The zero-order chi connectivity index (χ0) is 17.0. The van der Waals surface area contributed by atoms with E-state index in [1.54, 1.807) is 0 Å². The van der Waals surface area contributed by atoms with Crippen molar-refractivity contribution >= 4 is 35.0 Å². The lowest BCUT2D eigenvalue weighted by Crippen LogP contribution is -2.39. The minimum Gasteiger partial charge on any atom is -0.322 e. The van der Waals surface area contributed by atoms with E-state index in [-0.39, 0.29) is 46.2 Å². The largest absolute Gasteiger partial charge is 0.322 e. The first kappa shape index (κ1) is 15.3. The fraction of sp³-hybridized carbons (Fsp3) is 0.353. The lowest BCUT2D eigenvalue weighted by Gasteiger charge is -2.17. The number of imide groups is 1. The van der Waals surface area contributed by atoms with Crippen molar-refractivity contribution in [1.82, 2.24) is 4.90 Å². The lowest BCUT2D eigenvalue weighted by atomic mass is 9.85. The number of hydrogen-bond acceptors (Lipinski definition) is 3. The van der Waals surface area contributed by atoms with Crippen LogP contribution in [0.2, 0.25) is 5.02 Å². The minimum absolute atomic E-state index is 0.0754. The molecule has 0 radical (unpaired) electrons. The van der Waals surface area contributed by atoms with Gasteiger partial charge >= 0.3 is 0 Å². The number of likely N-dealkylation sites (tertiary alicyclic amines) is 1. The maximum Gasteiger partial charge on any atom is 0.244 e. The van der Waals surface area contributed by atoms with E-state index in [0.717, 1.165) is 11.3 Å². The van der Waals surface area contributed by atoms with E-state index in [9.17, 15) is 18.8 Å². The molecule has 7 heteroatoms. The first-order chi connectivity index (χ1) is 11.5. The molecule has 1 saturated heterocycles. The monoisotopic (exact) mass is 348 g/mol. The summed E-state index contributed by atoms with van der Waals surface area (Å²) in [5.74, 6) is -2.48. The maximum absolute atomic E-state index is 13.8. The number of benzene rings is 1. The van der Waals surface area contributed by atoms with Crippen LogP contribution in [0.15, 0.2) is 30.4 Å². The molecule has 2 aliphatic carbocycles. The average molecular weight is 349 g/mol. The third-order valence-electron chi connectivity index (χ3n) is 5.09. The summed E-state index contributed by atoms with van der Waals surface area (Å²) in [6, 6.07) is 4.23. The van der Waals surface area contributed by atoms with Gasteiger partial charge < -0.3 is 5.32 Å². The summed E-state index contributed by atoms with van der Waals surface area (Å²) in [6.07, 6.45) is 4.81. The second-order valence-corrected chi connectivity index (χ2v) is 6.82. The van der Waals surface area contributed by atoms with Gasteiger partial charge in [0.2, 0.25) is 17.7 Å². The van der Waals surface area contributed by atoms with Crippen LogP contribution in [-0.2, 0) is 14.4 Å². The van der Waals surface area contributed by atoms with Crippen LogP contribution in [0, 0.1) is 29.5 Å². The van der Waals surface area contributed by atoms with Crippen molar-refractivity contribution in [2.75, 3.05) is 11.9 Å². The van der Waals surface area contributed by atoms with Crippen LogP contribution < -0.4 is 5.32 Å². The van der Waals surface area contributed by atoms with E-state index in [1.165, 1.54) is 18.2 Å². The molecule has 1 saturated carbocycles. The van der Waals surface area contributed by atoms with Crippen molar-refractivity contribution in [1.29, 1.82) is 0 Å². The van der Waals surface area contributed by atoms with Gasteiger partial charge in [-0.1, -0.05) is 29.8 Å². The molecule has 2 fully saturated rings. The van der Waals surface area contributed by atoms with Crippen LogP contribution >= 0.6 is 11.6 Å². The van der Waals surface area contributed by atoms with Gasteiger partial charge in [0.15, 0.2) is 5.82 Å². The standard InChI is InChI=1S/C17H14ClFN2O3/c18-10-2-1-3-11(15(10)19)20-12(22)7-21-16(23)13-8-4-5-9(6-8)14(13)17(21)24/h1-5,8-9,13-14H,6-7H2,(H,20,22). The zero-order valence-electron chi connectivity index (χ0n) is 12.5. The Morgan fingerprint density at radius 2 is 1.83 bits per heavy atom. The van der Waals surface area contributed by atoms with Gasteiger partial charge in [-0.2, -0.15) is 0 Å². The van der Waals surface area contributed by atoms with Gasteiger partial charge in [-0.25, -0.2) is 4.39 Å². The highest BCUT2D eigenvalue weighted by Crippen LogP contribution is 2.52. The number of anilines is 1.